The van der Waals surface area contributed by atoms with E-state index in [0.717, 1.165) is 18.2 Å². The first kappa shape index (κ1) is 13.5. The van der Waals surface area contributed by atoms with Crippen LogP contribution >= 0.6 is 27.5 Å². The van der Waals surface area contributed by atoms with E-state index in [0.29, 0.717) is 0 Å². The molecule has 0 aromatic heterocycles. The molecular formula is C10H7BrClF3O. The normalized spacial score (nSPS) is 13.6. The second-order valence-electron chi connectivity index (χ2n) is 3.17. The molecule has 0 amide bonds. The van der Waals surface area contributed by atoms with Gasteiger partial charge >= 0.3 is 6.18 Å². The minimum Gasteiger partial charge on any atom is -0.293 e. The molecule has 0 heterocycles. The van der Waals surface area contributed by atoms with Crippen LogP contribution in [0.1, 0.15) is 22.8 Å². The van der Waals surface area contributed by atoms with E-state index in [-0.39, 0.29) is 11.3 Å². The minimum absolute atomic E-state index is 0.155. The van der Waals surface area contributed by atoms with Crippen LogP contribution in [0.2, 0.25) is 5.02 Å². The van der Waals surface area contributed by atoms with E-state index in [4.69, 9.17) is 11.6 Å². The third kappa shape index (κ3) is 2.98. The number of halogens is 5. The van der Waals surface area contributed by atoms with Gasteiger partial charge in [-0.1, -0.05) is 33.6 Å². The molecule has 0 spiro atoms. The summed E-state index contributed by atoms with van der Waals surface area (Å²) in [6.45, 7) is 1.59. The van der Waals surface area contributed by atoms with Crippen LogP contribution in [-0.2, 0) is 6.18 Å². The monoisotopic (exact) mass is 314 g/mol. The summed E-state index contributed by atoms with van der Waals surface area (Å²) in [6.07, 6.45) is -4.50. The number of carbonyl (C=O) groups is 1. The Hall–Kier alpha value is -0.550. The van der Waals surface area contributed by atoms with Crippen molar-refractivity contribution in [3.63, 3.8) is 0 Å². The summed E-state index contributed by atoms with van der Waals surface area (Å²) in [7, 11) is 0. The largest absolute Gasteiger partial charge is 0.417 e. The average Bonchev–Trinajstić information content (AvgIpc) is 2.14. The molecule has 1 atom stereocenters. The van der Waals surface area contributed by atoms with Crippen molar-refractivity contribution in [2.75, 3.05) is 0 Å². The first-order valence-electron chi connectivity index (χ1n) is 4.28. The smallest absolute Gasteiger partial charge is 0.293 e. The van der Waals surface area contributed by atoms with Gasteiger partial charge in [0.15, 0.2) is 5.78 Å². The van der Waals surface area contributed by atoms with Crippen molar-refractivity contribution < 1.29 is 18.0 Å². The van der Waals surface area contributed by atoms with Gasteiger partial charge < -0.3 is 0 Å². The van der Waals surface area contributed by atoms with Crippen molar-refractivity contribution >= 4 is 33.3 Å². The third-order valence-corrected chi connectivity index (χ3v) is 2.65. The molecule has 1 aromatic rings. The van der Waals surface area contributed by atoms with Crippen LogP contribution < -0.4 is 0 Å². The van der Waals surface area contributed by atoms with E-state index in [1.807, 2.05) is 0 Å². The molecule has 0 radical (unpaired) electrons. The Morgan fingerprint density at radius 1 is 1.44 bits per heavy atom. The average molecular weight is 316 g/mol. The maximum atomic E-state index is 12.4. The molecule has 1 unspecified atom stereocenters. The van der Waals surface area contributed by atoms with Crippen molar-refractivity contribution in [2.45, 2.75) is 17.9 Å². The van der Waals surface area contributed by atoms with E-state index in [1.54, 1.807) is 6.92 Å². The van der Waals surface area contributed by atoms with E-state index in [1.165, 1.54) is 0 Å². The molecule has 0 N–H and O–H groups in total. The third-order valence-electron chi connectivity index (χ3n) is 1.92. The summed E-state index contributed by atoms with van der Waals surface area (Å²) in [5.74, 6) is -0.310. The van der Waals surface area contributed by atoms with Crippen molar-refractivity contribution in [3.8, 4) is 0 Å². The van der Waals surface area contributed by atoms with E-state index < -0.39 is 21.6 Å². The minimum atomic E-state index is -4.50. The molecule has 0 saturated heterocycles. The lowest BCUT2D eigenvalue weighted by molar-refractivity contribution is -0.137. The maximum absolute atomic E-state index is 12.4. The van der Waals surface area contributed by atoms with Crippen molar-refractivity contribution in [1.82, 2.24) is 0 Å². The van der Waals surface area contributed by atoms with Crippen molar-refractivity contribution in [2.24, 2.45) is 0 Å². The van der Waals surface area contributed by atoms with Gasteiger partial charge in [-0.3, -0.25) is 4.79 Å². The summed E-state index contributed by atoms with van der Waals surface area (Å²) < 4.78 is 37.1. The second-order valence-corrected chi connectivity index (χ2v) is 4.95. The number of rotatable bonds is 2. The summed E-state index contributed by atoms with van der Waals surface area (Å²) in [5, 5.41) is -0.466. The molecule has 0 fully saturated rings. The van der Waals surface area contributed by atoms with Gasteiger partial charge in [-0.05, 0) is 19.1 Å². The van der Waals surface area contributed by atoms with Crippen LogP contribution in [-0.4, -0.2) is 10.6 Å². The SMILES string of the molecule is CC(Br)C(=O)c1ccc(C(F)(F)F)c(Cl)c1. The van der Waals surface area contributed by atoms with Crippen molar-refractivity contribution in [1.29, 1.82) is 0 Å². The fourth-order valence-electron chi connectivity index (χ4n) is 1.13. The molecule has 6 heteroatoms. The molecule has 0 aliphatic heterocycles. The fraction of sp³-hybridized carbons (Fsp3) is 0.300. The first-order valence-corrected chi connectivity index (χ1v) is 5.58. The number of hydrogen-bond acceptors (Lipinski definition) is 1. The lowest BCUT2D eigenvalue weighted by atomic mass is 10.1. The number of ketones is 1. The van der Waals surface area contributed by atoms with Crippen LogP contribution in [0.4, 0.5) is 13.2 Å². The summed E-state index contributed by atoms with van der Waals surface area (Å²) in [6, 6.07) is 2.96. The van der Waals surface area contributed by atoms with Crippen LogP contribution in [0.25, 0.3) is 0 Å². The molecule has 0 aliphatic carbocycles. The van der Waals surface area contributed by atoms with Crippen LogP contribution in [0.5, 0.6) is 0 Å². The Balaban J connectivity index is 3.15. The second kappa shape index (κ2) is 4.75. The molecule has 0 bridgehead atoms. The Morgan fingerprint density at radius 2 is 2.00 bits per heavy atom. The molecular weight excluding hydrogens is 308 g/mol. The highest BCUT2D eigenvalue weighted by molar-refractivity contribution is 9.10. The van der Waals surface area contributed by atoms with Crippen LogP contribution in [0.15, 0.2) is 18.2 Å². The summed E-state index contributed by atoms with van der Waals surface area (Å²) >= 11 is 8.52. The van der Waals surface area contributed by atoms with Gasteiger partial charge in [0.1, 0.15) is 0 Å². The molecule has 0 aliphatic rings. The van der Waals surface area contributed by atoms with E-state index >= 15 is 0 Å². The summed E-state index contributed by atoms with van der Waals surface area (Å²) in [4.78, 5) is 11.0. The van der Waals surface area contributed by atoms with Gasteiger partial charge in [0.05, 0.1) is 15.4 Å². The summed E-state index contributed by atoms with van der Waals surface area (Å²) in [5.41, 5.74) is -0.782. The lowest BCUT2D eigenvalue weighted by Gasteiger charge is -2.10. The number of benzene rings is 1. The van der Waals surface area contributed by atoms with Gasteiger partial charge in [-0.15, -0.1) is 0 Å². The predicted octanol–water partition coefficient (Wildman–Crippen LogP) is 4.32. The van der Waals surface area contributed by atoms with E-state index in [2.05, 4.69) is 15.9 Å². The quantitative estimate of drug-likeness (QED) is 0.586. The first-order chi connectivity index (χ1) is 7.23. The maximum Gasteiger partial charge on any atom is 0.417 e. The number of Topliss-reactive ketones (excluding diaryl/α,β-unsaturated/α-hetero) is 1. The van der Waals surface area contributed by atoms with Gasteiger partial charge in [0, 0.05) is 5.56 Å². The molecule has 16 heavy (non-hydrogen) atoms. The Morgan fingerprint density at radius 3 is 2.38 bits per heavy atom. The zero-order valence-corrected chi connectivity index (χ0v) is 10.4. The van der Waals surface area contributed by atoms with Crippen molar-refractivity contribution in [3.05, 3.63) is 34.3 Å². The molecule has 88 valence electrons. The molecule has 0 saturated carbocycles. The lowest BCUT2D eigenvalue weighted by Crippen LogP contribution is -2.12. The Bertz CT molecular complexity index is 415. The highest BCUT2D eigenvalue weighted by Gasteiger charge is 2.33. The van der Waals surface area contributed by atoms with E-state index in [9.17, 15) is 18.0 Å². The predicted molar refractivity (Wildman–Crippen MR) is 59.2 cm³/mol. The Labute approximate surface area is 104 Å². The van der Waals surface area contributed by atoms with Gasteiger partial charge in [0.25, 0.3) is 0 Å². The highest BCUT2D eigenvalue weighted by atomic mass is 79.9. The fourth-order valence-corrected chi connectivity index (χ4v) is 1.68. The topological polar surface area (TPSA) is 17.1 Å². The Kier molecular flexibility index (Phi) is 4.02. The molecule has 1 nitrogen and oxygen atoms in total. The number of carbonyl (C=O) groups excluding carboxylic acids is 1. The zero-order valence-electron chi connectivity index (χ0n) is 8.11. The standard InChI is InChI=1S/C10H7BrClF3O/c1-5(11)9(16)6-2-3-7(8(12)4-6)10(13,14)15/h2-5H,1H3. The zero-order chi connectivity index (χ0) is 12.5. The number of hydrogen-bond donors (Lipinski definition) is 0. The van der Waals surface area contributed by atoms with Gasteiger partial charge in [-0.25, -0.2) is 0 Å². The van der Waals surface area contributed by atoms with Crippen LogP contribution in [0.3, 0.4) is 0 Å². The molecule has 1 rings (SSSR count). The molecule has 1 aromatic carbocycles. The van der Waals surface area contributed by atoms with Gasteiger partial charge in [-0.2, -0.15) is 13.2 Å². The van der Waals surface area contributed by atoms with Gasteiger partial charge in [0.2, 0.25) is 0 Å². The highest BCUT2D eigenvalue weighted by Crippen LogP contribution is 2.35. The number of alkyl halides is 4. The van der Waals surface area contributed by atoms with Crippen LogP contribution in [0, 0.1) is 0 Å².